The lowest BCUT2D eigenvalue weighted by Crippen LogP contribution is -2.25. The standard InChI is InChI=1S/C21H23FN2O2/c1-2-15-3-5-16(6-4-15)21(25)26-20-13-11-19(12-14-20)24-23-18-9-7-17(22)8-10-18/h7-16H,2-6H2,1H3/b24-23+. The number of ether oxygens (including phenoxy) is 1. The third-order valence-electron chi connectivity index (χ3n) is 4.92. The van der Waals surface area contributed by atoms with Gasteiger partial charge in [-0.2, -0.15) is 10.2 Å². The Hall–Kier alpha value is -2.56. The van der Waals surface area contributed by atoms with Gasteiger partial charge in [-0.15, -0.1) is 0 Å². The van der Waals surface area contributed by atoms with Crippen molar-refractivity contribution in [2.75, 3.05) is 0 Å². The Bertz CT molecular complexity index is 749. The molecule has 1 aliphatic rings. The SMILES string of the molecule is CCC1CCC(C(=O)Oc2ccc(/N=N/c3ccc(F)cc3)cc2)CC1. The summed E-state index contributed by atoms with van der Waals surface area (Å²) < 4.78 is 18.4. The van der Waals surface area contributed by atoms with Crippen LogP contribution in [0.2, 0.25) is 0 Å². The maximum absolute atomic E-state index is 12.9. The van der Waals surface area contributed by atoms with Crippen molar-refractivity contribution in [2.45, 2.75) is 39.0 Å². The molecule has 0 atom stereocenters. The van der Waals surface area contributed by atoms with E-state index in [-0.39, 0.29) is 17.7 Å². The van der Waals surface area contributed by atoms with Crippen molar-refractivity contribution in [1.29, 1.82) is 0 Å². The molecule has 0 aromatic heterocycles. The van der Waals surface area contributed by atoms with E-state index < -0.39 is 0 Å². The molecule has 0 aliphatic heterocycles. The fourth-order valence-electron chi connectivity index (χ4n) is 3.21. The van der Waals surface area contributed by atoms with Crippen LogP contribution in [0.15, 0.2) is 58.8 Å². The second-order valence-electron chi connectivity index (χ2n) is 6.72. The molecule has 0 spiro atoms. The van der Waals surface area contributed by atoms with E-state index in [1.165, 1.54) is 18.6 Å². The summed E-state index contributed by atoms with van der Waals surface area (Å²) in [6.07, 6.45) is 5.25. The van der Waals surface area contributed by atoms with Crippen molar-refractivity contribution in [3.8, 4) is 5.75 Å². The van der Waals surface area contributed by atoms with E-state index in [1.807, 2.05) is 0 Å². The summed E-state index contributed by atoms with van der Waals surface area (Å²) in [4.78, 5) is 12.3. The molecule has 2 aromatic rings. The first-order valence-electron chi connectivity index (χ1n) is 9.13. The van der Waals surface area contributed by atoms with Crippen molar-refractivity contribution in [3.63, 3.8) is 0 Å². The molecule has 0 bridgehead atoms. The number of nitrogens with zero attached hydrogens (tertiary/aromatic N) is 2. The van der Waals surface area contributed by atoms with Gasteiger partial charge in [0.05, 0.1) is 17.3 Å². The molecule has 0 N–H and O–H groups in total. The Morgan fingerprint density at radius 1 is 0.962 bits per heavy atom. The summed E-state index contributed by atoms with van der Waals surface area (Å²) in [7, 11) is 0. The van der Waals surface area contributed by atoms with E-state index >= 15 is 0 Å². The van der Waals surface area contributed by atoms with Crippen molar-refractivity contribution in [1.82, 2.24) is 0 Å². The molecular formula is C21H23FN2O2. The Morgan fingerprint density at radius 2 is 1.50 bits per heavy atom. The number of halogens is 1. The summed E-state index contributed by atoms with van der Waals surface area (Å²) >= 11 is 0. The van der Waals surface area contributed by atoms with Gasteiger partial charge in [0.1, 0.15) is 11.6 Å². The zero-order valence-corrected chi connectivity index (χ0v) is 14.9. The van der Waals surface area contributed by atoms with E-state index in [0.717, 1.165) is 31.6 Å². The van der Waals surface area contributed by atoms with Crippen LogP contribution in [-0.2, 0) is 4.79 Å². The topological polar surface area (TPSA) is 51.0 Å². The molecule has 0 unspecified atom stereocenters. The highest BCUT2D eigenvalue weighted by Crippen LogP contribution is 2.32. The average Bonchev–Trinajstić information content (AvgIpc) is 2.68. The largest absolute Gasteiger partial charge is 0.426 e. The predicted octanol–water partition coefficient (Wildman–Crippen LogP) is 6.36. The van der Waals surface area contributed by atoms with Crippen LogP contribution in [0.3, 0.4) is 0 Å². The molecular weight excluding hydrogens is 331 g/mol. The van der Waals surface area contributed by atoms with Crippen LogP contribution in [0.1, 0.15) is 39.0 Å². The van der Waals surface area contributed by atoms with Gasteiger partial charge < -0.3 is 4.74 Å². The number of hydrogen-bond donors (Lipinski definition) is 0. The maximum atomic E-state index is 12.9. The number of hydrogen-bond acceptors (Lipinski definition) is 4. The predicted molar refractivity (Wildman–Crippen MR) is 98.4 cm³/mol. The number of esters is 1. The van der Waals surface area contributed by atoms with Gasteiger partial charge >= 0.3 is 5.97 Å². The molecule has 3 rings (SSSR count). The number of benzene rings is 2. The van der Waals surface area contributed by atoms with Crippen molar-refractivity contribution < 1.29 is 13.9 Å². The zero-order valence-electron chi connectivity index (χ0n) is 14.9. The van der Waals surface area contributed by atoms with E-state index in [9.17, 15) is 9.18 Å². The highest BCUT2D eigenvalue weighted by Gasteiger charge is 2.26. The van der Waals surface area contributed by atoms with Crippen LogP contribution in [-0.4, -0.2) is 5.97 Å². The van der Waals surface area contributed by atoms with E-state index in [4.69, 9.17) is 4.74 Å². The zero-order chi connectivity index (χ0) is 18.4. The van der Waals surface area contributed by atoms with Crippen LogP contribution < -0.4 is 4.74 Å². The van der Waals surface area contributed by atoms with Gasteiger partial charge in [-0.1, -0.05) is 13.3 Å². The van der Waals surface area contributed by atoms with Gasteiger partial charge in [0.25, 0.3) is 0 Å². The fraction of sp³-hybridized carbons (Fsp3) is 0.381. The first kappa shape index (κ1) is 18.2. The molecule has 1 aliphatic carbocycles. The quantitative estimate of drug-likeness (QED) is 0.356. The third kappa shape index (κ3) is 4.97. The van der Waals surface area contributed by atoms with Crippen LogP contribution in [0.5, 0.6) is 5.75 Å². The van der Waals surface area contributed by atoms with E-state index in [1.54, 1.807) is 36.4 Å². The second-order valence-corrected chi connectivity index (χ2v) is 6.72. The van der Waals surface area contributed by atoms with E-state index in [0.29, 0.717) is 17.1 Å². The fourth-order valence-corrected chi connectivity index (χ4v) is 3.21. The lowest BCUT2D eigenvalue weighted by molar-refractivity contribution is -0.140. The minimum absolute atomic E-state index is 0.00985. The highest BCUT2D eigenvalue weighted by atomic mass is 19.1. The molecule has 5 heteroatoms. The summed E-state index contributed by atoms with van der Waals surface area (Å²) in [5.41, 5.74) is 1.21. The minimum Gasteiger partial charge on any atom is -0.426 e. The molecule has 4 nitrogen and oxygen atoms in total. The van der Waals surface area contributed by atoms with Gasteiger partial charge in [-0.05, 0) is 80.1 Å². The van der Waals surface area contributed by atoms with Crippen molar-refractivity contribution in [2.24, 2.45) is 22.1 Å². The number of azo groups is 1. The number of carbonyl (C=O) groups excluding carboxylic acids is 1. The first-order valence-corrected chi connectivity index (χ1v) is 9.13. The molecule has 136 valence electrons. The Kier molecular flexibility index (Phi) is 6.10. The van der Waals surface area contributed by atoms with Gasteiger partial charge in [-0.25, -0.2) is 4.39 Å². The van der Waals surface area contributed by atoms with Crippen molar-refractivity contribution >= 4 is 17.3 Å². The summed E-state index contributed by atoms with van der Waals surface area (Å²) in [6.45, 7) is 2.21. The number of rotatable bonds is 5. The summed E-state index contributed by atoms with van der Waals surface area (Å²) in [5.74, 6) is 0.840. The van der Waals surface area contributed by atoms with Gasteiger partial charge in [0.2, 0.25) is 0 Å². The molecule has 0 heterocycles. The average molecular weight is 354 g/mol. The highest BCUT2D eigenvalue weighted by molar-refractivity contribution is 5.75. The molecule has 1 fully saturated rings. The Balaban J connectivity index is 1.54. The minimum atomic E-state index is -0.307. The van der Waals surface area contributed by atoms with Gasteiger partial charge in [-0.3, -0.25) is 4.79 Å². The lowest BCUT2D eigenvalue weighted by Gasteiger charge is -2.26. The normalized spacial score (nSPS) is 20.2. The first-order chi connectivity index (χ1) is 12.6. The van der Waals surface area contributed by atoms with Gasteiger partial charge in [0, 0.05) is 0 Å². The van der Waals surface area contributed by atoms with Crippen LogP contribution in [0.25, 0.3) is 0 Å². The molecule has 26 heavy (non-hydrogen) atoms. The molecule has 0 radical (unpaired) electrons. The Morgan fingerprint density at radius 3 is 2.04 bits per heavy atom. The Labute approximate surface area is 153 Å². The summed E-state index contributed by atoms with van der Waals surface area (Å²) in [5, 5.41) is 8.14. The summed E-state index contributed by atoms with van der Waals surface area (Å²) in [6, 6.07) is 12.7. The number of carbonyl (C=O) groups is 1. The van der Waals surface area contributed by atoms with Crippen LogP contribution in [0, 0.1) is 17.7 Å². The lowest BCUT2D eigenvalue weighted by atomic mass is 9.81. The monoisotopic (exact) mass is 354 g/mol. The maximum Gasteiger partial charge on any atom is 0.314 e. The molecule has 0 saturated heterocycles. The smallest absolute Gasteiger partial charge is 0.314 e. The molecule has 2 aromatic carbocycles. The third-order valence-corrected chi connectivity index (χ3v) is 4.92. The molecule has 0 amide bonds. The van der Waals surface area contributed by atoms with Crippen LogP contribution >= 0.6 is 0 Å². The van der Waals surface area contributed by atoms with Crippen LogP contribution in [0.4, 0.5) is 15.8 Å². The van der Waals surface area contributed by atoms with E-state index in [2.05, 4.69) is 17.2 Å². The van der Waals surface area contributed by atoms with Crippen molar-refractivity contribution in [3.05, 3.63) is 54.3 Å². The second kappa shape index (κ2) is 8.70. The van der Waals surface area contributed by atoms with Gasteiger partial charge in [0.15, 0.2) is 0 Å². The molecule has 1 saturated carbocycles.